The third-order valence-electron chi connectivity index (χ3n) is 4.92. The third kappa shape index (κ3) is 2.02. The number of benzene rings is 1. The first-order valence-electron chi connectivity index (χ1n) is 7.54. The fourth-order valence-electron chi connectivity index (χ4n) is 3.67. The smallest absolute Gasteiger partial charge is 0.221 e. The van der Waals surface area contributed by atoms with Crippen molar-refractivity contribution >= 4 is 21.1 Å². The van der Waals surface area contributed by atoms with Gasteiger partial charge in [0.05, 0.1) is 0 Å². The van der Waals surface area contributed by atoms with Crippen LogP contribution < -0.4 is 5.14 Å². The maximum Gasteiger partial charge on any atom is 0.221 e. The van der Waals surface area contributed by atoms with Crippen LogP contribution in [0, 0.1) is 0 Å². The molecule has 0 spiro atoms. The number of hydrogen-bond acceptors (Lipinski definition) is 3. The minimum absolute atomic E-state index is 0.147. The van der Waals surface area contributed by atoms with Crippen molar-refractivity contribution in [2.75, 3.05) is 0 Å². The summed E-state index contributed by atoms with van der Waals surface area (Å²) in [7, 11) is -3.78. The zero-order valence-corrected chi connectivity index (χ0v) is 13.3. The number of fused-ring (bicyclic) bond motifs is 1. The van der Waals surface area contributed by atoms with Gasteiger partial charge in [0.2, 0.25) is 10.0 Å². The minimum Gasteiger partial charge on any atom is -0.342 e. The molecule has 1 aromatic carbocycles. The van der Waals surface area contributed by atoms with Gasteiger partial charge in [-0.2, -0.15) is 0 Å². The van der Waals surface area contributed by atoms with Gasteiger partial charge in [0.15, 0.2) is 0 Å². The Morgan fingerprint density at radius 2 is 1.96 bits per heavy atom. The molecule has 0 bridgehead atoms. The van der Waals surface area contributed by atoms with Crippen LogP contribution in [-0.2, 0) is 14.8 Å². The average Bonchev–Trinajstić information content (AvgIpc) is 2.89. The molecule has 5 nitrogen and oxygen atoms in total. The van der Waals surface area contributed by atoms with Crippen LogP contribution in [0.2, 0.25) is 0 Å². The summed E-state index contributed by atoms with van der Waals surface area (Å²) in [6.45, 7) is 0. The summed E-state index contributed by atoms with van der Waals surface area (Å²) in [6, 6.07) is 15.3. The summed E-state index contributed by atoms with van der Waals surface area (Å²) in [4.78, 5) is 7.44. The fraction of sp³-hybridized carbons (Fsp3) is 0.235. The van der Waals surface area contributed by atoms with E-state index in [0.717, 1.165) is 17.4 Å². The molecular weight excluding hydrogens is 310 g/mol. The fourth-order valence-corrected chi connectivity index (χ4v) is 5.14. The van der Waals surface area contributed by atoms with Gasteiger partial charge in [0.1, 0.15) is 10.4 Å². The molecule has 3 aromatic rings. The summed E-state index contributed by atoms with van der Waals surface area (Å²) in [5.41, 5.74) is 2.32. The van der Waals surface area contributed by atoms with E-state index in [1.165, 1.54) is 0 Å². The maximum absolute atomic E-state index is 12.5. The number of rotatable bonds is 3. The van der Waals surface area contributed by atoms with E-state index in [1.807, 2.05) is 48.5 Å². The van der Waals surface area contributed by atoms with Crippen LogP contribution in [0.5, 0.6) is 0 Å². The molecule has 1 aliphatic carbocycles. The summed E-state index contributed by atoms with van der Waals surface area (Å²) >= 11 is 0. The zero-order valence-electron chi connectivity index (χ0n) is 12.4. The van der Waals surface area contributed by atoms with E-state index in [9.17, 15) is 8.42 Å². The number of H-pyrrole nitrogens is 1. The van der Waals surface area contributed by atoms with Crippen molar-refractivity contribution < 1.29 is 8.42 Å². The molecule has 118 valence electrons. The second-order valence-electron chi connectivity index (χ2n) is 6.06. The Morgan fingerprint density at radius 1 is 1.17 bits per heavy atom. The largest absolute Gasteiger partial charge is 0.342 e. The number of sulfonamides is 1. The number of nitrogens with two attached hydrogens (primary N) is 1. The van der Waals surface area contributed by atoms with Gasteiger partial charge in [-0.15, -0.1) is 0 Å². The van der Waals surface area contributed by atoms with Crippen LogP contribution in [0.4, 0.5) is 0 Å². The highest BCUT2D eigenvalue weighted by atomic mass is 32.2. The molecule has 6 heteroatoms. The lowest BCUT2D eigenvalue weighted by Gasteiger charge is -2.47. The predicted octanol–water partition coefficient (Wildman–Crippen LogP) is 2.62. The van der Waals surface area contributed by atoms with Gasteiger partial charge in [0.25, 0.3) is 0 Å². The first-order chi connectivity index (χ1) is 11.0. The Labute approximate surface area is 134 Å². The molecule has 23 heavy (non-hydrogen) atoms. The van der Waals surface area contributed by atoms with Crippen LogP contribution >= 0.6 is 0 Å². The highest BCUT2D eigenvalue weighted by Crippen LogP contribution is 2.56. The Bertz CT molecular complexity index is 933. The van der Waals surface area contributed by atoms with E-state index in [0.29, 0.717) is 17.8 Å². The monoisotopic (exact) mass is 327 g/mol. The van der Waals surface area contributed by atoms with E-state index in [4.69, 9.17) is 5.14 Å². The maximum atomic E-state index is 12.5. The number of nitrogens with zero attached hydrogens (tertiary/aromatic N) is 1. The van der Waals surface area contributed by atoms with Crippen molar-refractivity contribution in [2.24, 2.45) is 5.14 Å². The van der Waals surface area contributed by atoms with Gasteiger partial charge < -0.3 is 4.98 Å². The molecule has 0 aliphatic heterocycles. The van der Waals surface area contributed by atoms with E-state index in [2.05, 4.69) is 9.97 Å². The van der Waals surface area contributed by atoms with Gasteiger partial charge in [0, 0.05) is 23.2 Å². The lowest BCUT2D eigenvalue weighted by atomic mass is 9.67. The van der Waals surface area contributed by atoms with Crippen LogP contribution in [0.3, 0.4) is 0 Å². The Kier molecular flexibility index (Phi) is 3.08. The molecule has 1 aliphatic rings. The van der Waals surface area contributed by atoms with Gasteiger partial charge >= 0.3 is 0 Å². The van der Waals surface area contributed by atoms with Crippen LogP contribution in [0.1, 0.15) is 30.0 Å². The quantitative estimate of drug-likeness (QED) is 0.775. The van der Waals surface area contributed by atoms with Crippen LogP contribution in [0.15, 0.2) is 54.7 Å². The zero-order chi connectivity index (χ0) is 16.1. The molecule has 0 saturated heterocycles. The second-order valence-corrected chi connectivity index (χ2v) is 7.88. The number of aromatic amines is 1. The van der Waals surface area contributed by atoms with Crippen LogP contribution in [0.25, 0.3) is 11.0 Å². The molecule has 2 aromatic heterocycles. The first kappa shape index (κ1) is 14.4. The molecule has 2 unspecified atom stereocenters. The summed E-state index contributed by atoms with van der Waals surface area (Å²) in [5.74, 6) is -0.147. The highest BCUT2D eigenvalue weighted by Gasteiger charge is 2.58. The lowest BCUT2D eigenvalue weighted by molar-refractivity contribution is 0.278. The molecule has 1 fully saturated rings. The summed E-state index contributed by atoms with van der Waals surface area (Å²) in [5, 5.41) is 6.58. The van der Waals surface area contributed by atoms with E-state index in [-0.39, 0.29) is 5.92 Å². The molecule has 4 rings (SSSR count). The molecule has 2 atom stereocenters. The number of hydrogen-bond donors (Lipinski definition) is 2. The van der Waals surface area contributed by atoms with Gasteiger partial charge in [-0.3, -0.25) is 0 Å². The lowest BCUT2D eigenvalue weighted by Crippen LogP contribution is -2.52. The number of pyridine rings is 1. The van der Waals surface area contributed by atoms with Crippen molar-refractivity contribution in [3.63, 3.8) is 0 Å². The van der Waals surface area contributed by atoms with Gasteiger partial charge in [-0.1, -0.05) is 30.3 Å². The van der Waals surface area contributed by atoms with Gasteiger partial charge in [-0.25, -0.2) is 18.5 Å². The molecule has 3 N–H and O–H groups in total. The molecular formula is C17H17N3O2S. The molecule has 0 radical (unpaired) electrons. The summed E-state index contributed by atoms with van der Waals surface area (Å²) in [6.07, 6.45) is 2.99. The van der Waals surface area contributed by atoms with Crippen molar-refractivity contribution in [1.29, 1.82) is 0 Å². The third-order valence-corrected chi connectivity index (χ3v) is 6.65. The Hall–Kier alpha value is -2.18. The van der Waals surface area contributed by atoms with E-state index >= 15 is 0 Å². The molecule has 1 saturated carbocycles. The highest BCUT2D eigenvalue weighted by molar-refractivity contribution is 7.90. The normalized spacial score (nSPS) is 24.5. The van der Waals surface area contributed by atoms with Crippen molar-refractivity contribution in [3.05, 3.63) is 66.0 Å². The molecule has 2 heterocycles. The number of nitrogens with one attached hydrogen (secondary N) is 1. The van der Waals surface area contributed by atoms with E-state index in [1.54, 1.807) is 6.20 Å². The topological polar surface area (TPSA) is 88.8 Å². The standard InChI is InChI=1S/C17H17N3O2S/c18-23(21,22)17(9-8-14(17)12-5-2-1-3-6-12)15-11-13-7-4-10-19-16(13)20-15/h1-7,10-11,14H,8-9H2,(H,19,20)(H2,18,21,22). The van der Waals surface area contributed by atoms with Crippen LogP contribution in [-0.4, -0.2) is 18.4 Å². The molecule has 0 amide bonds. The number of aromatic nitrogens is 2. The van der Waals surface area contributed by atoms with Crippen molar-refractivity contribution in [2.45, 2.75) is 23.5 Å². The van der Waals surface area contributed by atoms with E-state index < -0.39 is 14.8 Å². The number of primary sulfonamides is 1. The van der Waals surface area contributed by atoms with Crippen molar-refractivity contribution in [3.8, 4) is 0 Å². The predicted molar refractivity (Wildman–Crippen MR) is 89.3 cm³/mol. The van der Waals surface area contributed by atoms with Crippen molar-refractivity contribution in [1.82, 2.24) is 9.97 Å². The SMILES string of the molecule is NS(=O)(=O)C1(c2cc3cccnc3[nH]2)CCC1c1ccccc1. The second kappa shape index (κ2) is 4.91. The Balaban J connectivity index is 1.91. The van der Waals surface area contributed by atoms with Gasteiger partial charge in [-0.05, 0) is 36.6 Å². The Morgan fingerprint density at radius 3 is 2.57 bits per heavy atom. The summed E-state index contributed by atoms with van der Waals surface area (Å²) < 4.78 is 24.0. The minimum atomic E-state index is -3.78. The average molecular weight is 327 g/mol. The first-order valence-corrected chi connectivity index (χ1v) is 9.08.